The largest absolute Gasteiger partial charge is 0.472 e. The molecule has 3 amide bonds. The van der Waals surface area contributed by atoms with Gasteiger partial charge >= 0.3 is 0 Å². The van der Waals surface area contributed by atoms with E-state index >= 15 is 0 Å². The highest BCUT2D eigenvalue weighted by Crippen LogP contribution is 2.34. The van der Waals surface area contributed by atoms with Crippen LogP contribution in [0.1, 0.15) is 109 Å². The van der Waals surface area contributed by atoms with E-state index in [9.17, 15) is 28.8 Å². The van der Waals surface area contributed by atoms with Gasteiger partial charge in [-0.15, -0.1) is 6.58 Å². The topological polar surface area (TPSA) is 178 Å². The van der Waals surface area contributed by atoms with E-state index in [1.54, 1.807) is 18.2 Å². The van der Waals surface area contributed by atoms with Gasteiger partial charge in [-0.3, -0.25) is 33.8 Å². The molecule has 1 saturated carbocycles. The molecular formula is C40H53ClN6O7. The second-order valence-electron chi connectivity index (χ2n) is 15.3. The predicted molar refractivity (Wildman–Crippen MR) is 202 cm³/mol. The van der Waals surface area contributed by atoms with Crippen molar-refractivity contribution in [2.45, 2.75) is 123 Å². The summed E-state index contributed by atoms with van der Waals surface area (Å²) in [6.07, 6.45) is 12.1. The molecule has 2 aromatic heterocycles. The number of aromatic nitrogens is 3. The predicted octanol–water partition coefficient (Wildman–Crippen LogP) is 5.26. The maximum absolute atomic E-state index is 14.7. The Morgan fingerprint density at radius 3 is 2.39 bits per heavy atom. The third kappa shape index (κ3) is 11.5. The summed E-state index contributed by atoms with van der Waals surface area (Å²) in [4.78, 5) is 96.0. The van der Waals surface area contributed by atoms with Crippen molar-refractivity contribution in [2.75, 3.05) is 6.54 Å². The van der Waals surface area contributed by atoms with Crippen molar-refractivity contribution in [1.82, 2.24) is 30.5 Å². The number of nitrogens with one attached hydrogen (secondary N) is 2. The zero-order chi connectivity index (χ0) is 39.4. The van der Waals surface area contributed by atoms with Crippen LogP contribution in [-0.4, -0.2) is 85.7 Å². The molecule has 14 heteroatoms. The van der Waals surface area contributed by atoms with Crippen LogP contribution in [0.15, 0.2) is 49.6 Å². The Balaban J connectivity index is 1.62. The number of likely N-dealkylation sites (tertiary alicyclic amines) is 1. The van der Waals surface area contributed by atoms with Crippen LogP contribution in [0.5, 0.6) is 5.88 Å². The minimum Gasteiger partial charge on any atom is -0.472 e. The molecule has 54 heavy (non-hydrogen) atoms. The monoisotopic (exact) mass is 764 g/mol. The van der Waals surface area contributed by atoms with Crippen LogP contribution in [0.2, 0.25) is 5.02 Å². The average Bonchev–Trinajstić information content (AvgIpc) is 3.59. The van der Waals surface area contributed by atoms with Gasteiger partial charge in [0.2, 0.25) is 35.2 Å². The molecule has 0 radical (unpaired) electrons. The SMILES string of the molecule is C=CCCC(=O)C(=O)[C@H](CCC)NC(=O)[C@@H]1C[C@@H](Oc2ccc(Cl)cn2)CN1C(=O)[C@@H](NC(=O)[C@@H](CC(=O)c1cnccn1)C1CCCCC1)C(C)(C)C. The van der Waals surface area contributed by atoms with E-state index in [4.69, 9.17) is 16.3 Å². The van der Waals surface area contributed by atoms with Crippen molar-refractivity contribution >= 4 is 46.7 Å². The van der Waals surface area contributed by atoms with E-state index < -0.39 is 64.9 Å². The second-order valence-corrected chi connectivity index (χ2v) is 15.7. The third-order valence-corrected chi connectivity index (χ3v) is 10.3. The zero-order valence-corrected chi connectivity index (χ0v) is 32.5. The smallest absolute Gasteiger partial charge is 0.246 e. The van der Waals surface area contributed by atoms with Gasteiger partial charge in [0.15, 0.2) is 5.78 Å². The maximum atomic E-state index is 14.7. The summed E-state index contributed by atoms with van der Waals surface area (Å²) in [5, 5.41) is 6.17. The second kappa shape index (κ2) is 19.7. The van der Waals surface area contributed by atoms with Crippen LogP contribution in [0.25, 0.3) is 0 Å². The molecule has 5 atom stereocenters. The summed E-state index contributed by atoms with van der Waals surface area (Å²) in [7, 11) is 0. The Morgan fingerprint density at radius 2 is 1.78 bits per heavy atom. The molecule has 2 fully saturated rings. The van der Waals surface area contributed by atoms with Gasteiger partial charge in [0.25, 0.3) is 0 Å². The van der Waals surface area contributed by atoms with Gasteiger partial charge in [-0.1, -0.05) is 71.1 Å². The lowest BCUT2D eigenvalue weighted by molar-refractivity contribution is -0.145. The van der Waals surface area contributed by atoms with Crippen molar-refractivity contribution in [2.24, 2.45) is 17.3 Å². The summed E-state index contributed by atoms with van der Waals surface area (Å²) >= 11 is 6.02. The molecule has 0 aromatic carbocycles. The normalized spacial score (nSPS) is 19.2. The van der Waals surface area contributed by atoms with Gasteiger partial charge in [0.1, 0.15) is 23.9 Å². The van der Waals surface area contributed by atoms with Crippen LogP contribution in [0, 0.1) is 17.3 Å². The molecular weight excluding hydrogens is 712 g/mol. The fourth-order valence-electron chi connectivity index (χ4n) is 7.17. The van der Waals surface area contributed by atoms with Gasteiger partial charge in [-0.2, -0.15) is 0 Å². The Morgan fingerprint density at radius 1 is 1.04 bits per heavy atom. The van der Waals surface area contributed by atoms with Crippen molar-refractivity contribution in [3.05, 3.63) is 60.3 Å². The molecule has 0 spiro atoms. The molecule has 2 aliphatic rings. The Hall–Kier alpha value is -4.52. The number of rotatable bonds is 18. The van der Waals surface area contributed by atoms with E-state index in [2.05, 4.69) is 32.2 Å². The van der Waals surface area contributed by atoms with Gasteiger partial charge in [-0.25, -0.2) is 9.97 Å². The number of allylic oxidation sites excluding steroid dienone is 1. The number of ether oxygens (including phenoxy) is 1. The molecule has 2 N–H and O–H groups in total. The maximum Gasteiger partial charge on any atom is 0.246 e. The van der Waals surface area contributed by atoms with Gasteiger partial charge in [-0.05, 0) is 43.1 Å². The third-order valence-electron chi connectivity index (χ3n) is 10.1. The molecule has 1 aliphatic heterocycles. The van der Waals surface area contributed by atoms with E-state index in [-0.39, 0.29) is 55.5 Å². The first-order valence-corrected chi connectivity index (χ1v) is 19.3. The quantitative estimate of drug-likeness (QED) is 0.116. The summed E-state index contributed by atoms with van der Waals surface area (Å²) in [5.74, 6) is -3.70. The lowest BCUT2D eigenvalue weighted by Gasteiger charge is -2.37. The van der Waals surface area contributed by atoms with Crippen LogP contribution in [-0.2, 0) is 24.0 Å². The highest BCUT2D eigenvalue weighted by molar-refractivity contribution is 6.39. The number of pyridine rings is 1. The van der Waals surface area contributed by atoms with Crippen LogP contribution in [0.3, 0.4) is 0 Å². The van der Waals surface area contributed by atoms with Gasteiger partial charge in [0.05, 0.1) is 23.8 Å². The molecule has 0 unspecified atom stereocenters. The summed E-state index contributed by atoms with van der Waals surface area (Å²) in [5.41, 5.74) is -0.654. The minimum atomic E-state index is -1.10. The van der Waals surface area contributed by atoms with Crippen LogP contribution in [0.4, 0.5) is 0 Å². The molecule has 1 aliphatic carbocycles. The summed E-state index contributed by atoms with van der Waals surface area (Å²) in [6.45, 7) is 10.9. The molecule has 292 valence electrons. The molecule has 3 heterocycles. The number of nitrogens with zero attached hydrogens (tertiary/aromatic N) is 4. The summed E-state index contributed by atoms with van der Waals surface area (Å²) < 4.78 is 6.11. The number of ketones is 3. The Bertz CT molecular complexity index is 1640. The van der Waals surface area contributed by atoms with Crippen molar-refractivity contribution in [3.8, 4) is 5.88 Å². The first-order chi connectivity index (χ1) is 25.7. The van der Waals surface area contributed by atoms with E-state index in [1.165, 1.54) is 29.7 Å². The average molecular weight is 765 g/mol. The van der Waals surface area contributed by atoms with E-state index in [0.717, 1.165) is 32.1 Å². The van der Waals surface area contributed by atoms with Crippen molar-refractivity contribution < 1.29 is 33.5 Å². The molecule has 1 saturated heterocycles. The van der Waals surface area contributed by atoms with Crippen molar-refractivity contribution in [3.63, 3.8) is 0 Å². The lowest BCUT2D eigenvalue weighted by Crippen LogP contribution is -2.59. The first-order valence-electron chi connectivity index (χ1n) is 18.9. The van der Waals surface area contributed by atoms with Crippen LogP contribution >= 0.6 is 11.6 Å². The Labute approximate surface area is 322 Å². The number of halogens is 1. The van der Waals surface area contributed by atoms with E-state index in [0.29, 0.717) is 17.9 Å². The van der Waals surface area contributed by atoms with Gasteiger partial charge in [0, 0.05) is 49.8 Å². The number of carbonyl (C=O) groups excluding carboxylic acids is 6. The summed E-state index contributed by atoms with van der Waals surface area (Å²) in [6, 6.07) is -0.0769. The standard InChI is InChI=1S/C40H53ClN6O7/c1-6-8-15-32(48)35(50)29(12-7-2)45-38(52)31-20-27(54-34-17-16-26(41)22-44-34)24-47(31)39(53)36(40(3,4)5)46-37(51)28(25-13-10-9-11-14-25)21-33(49)30-23-42-18-19-43-30/h6,16-19,22-23,25,27-29,31,36H,1,7-15,20-21,24H2,2-5H3,(H,45,52)(H,46,51)/t27-,28+,29+,31+,36-/m1/s1. The molecule has 4 rings (SSSR count). The number of amides is 3. The zero-order valence-electron chi connectivity index (χ0n) is 31.7. The fraction of sp³-hybridized carbons (Fsp3) is 0.575. The highest BCUT2D eigenvalue weighted by Gasteiger charge is 2.47. The van der Waals surface area contributed by atoms with Crippen LogP contribution < -0.4 is 15.4 Å². The molecule has 0 bridgehead atoms. The number of hydrogen-bond donors (Lipinski definition) is 2. The fourth-order valence-corrected chi connectivity index (χ4v) is 7.29. The number of carbonyl (C=O) groups is 6. The van der Waals surface area contributed by atoms with Gasteiger partial charge < -0.3 is 20.3 Å². The highest BCUT2D eigenvalue weighted by atomic mass is 35.5. The van der Waals surface area contributed by atoms with E-state index in [1.807, 2.05) is 27.7 Å². The molecule has 13 nitrogen and oxygen atoms in total. The molecule has 2 aromatic rings. The first kappa shape index (κ1) is 42.2. The van der Waals surface area contributed by atoms with Crippen molar-refractivity contribution in [1.29, 1.82) is 0 Å². The minimum absolute atomic E-state index is 0.0182. The number of Topliss-reactive ketones (excluding diaryl/α,β-unsaturated/α-hetero) is 3. The lowest BCUT2D eigenvalue weighted by atomic mass is 9.76. The Kier molecular flexibility index (Phi) is 15.4. The number of hydrogen-bond acceptors (Lipinski definition) is 10.